The zero-order valence-electron chi connectivity index (χ0n) is 10.1. The molecule has 1 aliphatic rings. The van der Waals surface area contributed by atoms with Crippen LogP contribution in [0.15, 0.2) is 24.3 Å². The zero-order chi connectivity index (χ0) is 13.1. The lowest BCUT2D eigenvalue weighted by Gasteiger charge is -2.36. The highest BCUT2D eigenvalue weighted by Crippen LogP contribution is 2.19. The minimum absolute atomic E-state index is 0.103. The van der Waals surface area contributed by atoms with E-state index in [1.165, 1.54) is 12.1 Å². The summed E-state index contributed by atoms with van der Waals surface area (Å²) >= 11 is 0. The van der Waals surface area contributed by atoms with Gasteiger partial charge in [-0.1, -0.05) is 0 Å². The summed E-state index contributed by atoms with van der Waals surface area (Å²) in [5, 5.41) is 11.8. The molecular weight excluding hydrogens is 233 g/mol. The molecular formula is C13H14FN3O. The Bertz CT molecular complexity index is 480. The van der Waals surface area contributed by atoms with Crippen molar-refractivity contribution in [1.82, 2.24) is 5.32 Å². The number of anilines is 1. The Hall–Kier alpha value is -1.93. The topological polar surface area (TPSA) is 56.1 Å². The molecule has 1 heterocycles. The average Bonchev–Trinajstić information content (AvgIpc) is 2.35. The van der Waals surface area contributed by atoms with Gasteiger partial charge in [0.25, 0.3) is 0 Å². The Balaban J connectivity index is 2.23. The van der Waals surface area contributed by atoms with Gasteiger partial charge in [-0.05, 0) is 31.2 Å². The van der Waals surface area contributed by atoms with Gasteiger partial charge in [-0.3, -0.25) is 4.79 Å². The number of carbonyl (C=O) groups excluding carboxylic acids is 1. The van der Waals surface area contributed by atoms with Crippen molar-refractivity contribution in [3.8, 4) is 6.07 Å². The standard InChI is InChI=1S/C13H14FN3O/c1-9-8-17(11-4-2-10(14)3-5-11)13(18)12(16-9)6-7-15/h2-5,9,12,16H,6,8H2,1H3. The highest BCUT2D eigenvalue weighted by atomic mass is 19.1. The van der Waals surface area contributed by atoms with E-state index in [1.54, 1.807) is 17.0 Å². The Labute approximate surface area is 105 Å². The molecule has 1 aromatic rings. The van der Waals surface area contributed by atoms with Crippen LogP contribution in [0.2, 0.25) is 0 Å². The lowest BCUT2D eigenvalue weighted by Crippen LogP contribution is -2.59. The molecule has 1 fully saturated rings. The van der Waals surface area contributed by atoms with Crippen LogP contribution in [0, 0.1) is 17.1 Å². The predicted molar refractivity (Wildman–Crippen MR) is 65.4 cm³/mol. The molecule has 0 spiro atoms. The third-order valence-corrected chi connectivity index (χ3v) is 2.94. The maximum atomic E-state index is 12.9. The van der Waals surface area contributed by atoms with Crippen LogP contribution in [-0.4, -0.2) is 24.5 Å². The molecule has 1 aromatic carbocycles. The van der Waals surface area contributed by atoms with Crippen LogP contribution in [0.25, 0.3) is 0 Å². The molecule has 18 heavy (non-hydrogen) atoms. The Morgan fingerprint density at radius 1 is 1.50 bits per heavy atom. The van der Waals surface area contributed by atoms with Crippen molar-refractivity contribution in [1.29, 1.82) is 5.26 Å². The third-order valence-electron chi connectivity index (χ3n) is 2.94. The van der Waals surface area contributed by atoms with Crippen molar-refractivity contribution in [3.05, 3.63) is 30.1 Å². The Morgan fingerprint density at radius 3 is 2.78 bits per heavy atom. The number of rotatable bonds is 2. The summed E-state index contributed by atoms with van der Waals surface area (Å²) in [5.41, 5.74) is 0.665. The number of nitriles is 1. The molecule has 0 saturated carbocycles. The van der Waals surface area contributed by atoms with Crippen LogP contribution in [0.5, 0.6) is 0 Å². The zero-order valence-corrected chi connectivity index (χ0v) is 10.1. The number of halogens is 1. The smallest absolute Gasteiger partial charge is 0.245 e. The molecule has 1 amide bonds. The fourth-order valence-electron chi connectivity index (χ4n) is 2.11. The SMILES string of the molecule is CC1CN(c2ccc(F)cc2)C(=O)C(CC#N)N1. The quantitative estimate of drug-likeness (QED) is 0.860. The van der Waals surface area contributed by atoms with E-state index in [-0.39, 0.29) is 24.2 Å². The highest BCUT2D eigenvalue weighted by molar-refractivity contribution is 5.98. The number of hydrogen-bond donors (Lipinski definition) is 1. The molecule has 0 bridgehead atoms. The summed E-state index contributed by atoms with van der Waals surface area (Å²) in [6.45, 7) is 2.47. The van der Waals surface area contributed by atoms with Crippen molar-refractivity contribution in [3.63, 3.8) is 0 Å². The fourth-order valence-corrected chi connectivity index (χ4v) is 2.11. The number of nitrogens with zero attached hydrogens (tertiary/aromatic N) is 2. The predicted octanol–water partition coefficient (Wildman–Crippen LogP) is 1.43. The van der Waals surface area contributed by atoms with E-state index < -0.39 is 6.04 Å². The molecule has 1 saturated heterocycles. The van der Waals surface area contributed by atoms with Gasteiger partial charge in [-0.25, -0.2) is 4.39 Å². The van der Waals surface area contributed by atoms with Crippen LogP contribution in [-0.2, 0) is 4.79 Å². The maximum absolute atomic E-state index is 12.9. The number of amides is 1. The summed E-state index contributed by atoms with van der Waals surface area (Å²) in [7, 11) is 0. The van der Waals surface area contributed by atoms with Crippen molar-refractivity contribution in [2.45, 2.75) is 25.4 Å². The van der Waals surface area contributed by atoms with E-state index in [1.807, 2.05) is 13.0 Å². The van der Waals surface area contributed by atoms with E-state index in [0.717, 1.165) is 0 Å². The average molecular weight is 247 g/mol. The van der Waals surface area contributed by atoms with Gasteiger partial charge in [0.1, 0.15) is 11.9 Å². The minimum atomic E-state index is -0.483. The first-order valence-electron chi connectivity index (χ1n) is 5.81. The van der Waals surface area contributed by atoms with Gasteiger partial charge < -0.3 is 10.2 Å². The molecule has 94 valence electrons. The van der Waals surface area contributed by atoms with Crippen molar-refractivity contribution in [2.75, 3.05) is 11.4 Å². The highest BCUT2D eigenvalue weighted by Gasteiger charge is 2.32. The summed E-state index contributed by atoms with van der Waals surface area (Å²) in [6.07, 6.45) is 0.140. The van der Waals surface area contributed by atoms with Gasteiger partial charge in [-0.2, -0.15) is 5.26 Å². The monoisotopic (exact) mass is 247 g/mol. The molecule has 1 N–H and O–H groups in total. The third kappa shape index (κ3) is 2.49. The van der Waals surface area contributed by atoms with Gasteiger partial charge in [-0.15, -0.1) is 0 Å². The summed E-state index contributed by atoms with van der Waals surface area (Å²) in [5.74, 6) is -0.468. The van der Waals surface area contributed by atoms with E-state index in [0.29, 0.717) is 12.2 Å². The molecule has 0 aromatic heterocycles. The maximum Gasteiger partial charge on any atom is 0.245 e. The Kier molecular flexibility index (Phi) is 3.58. The molecule has 0 aliphatic carbocycles. The molecule has 5 heteroatoms. The summed E-state index contributed by atoms with van der Waals surface area (Å²) in [4.78, 5) is 13.8. The van der Waals surface area contributed by atoms with E-state index in [2.05, 4.69) is 5.32 Å². The lowest BCUT2D eigenvalue weighted by molar-refractivity contribution is -0.122. The van der Waals surface area contributed by atoms with Crippen molar-refractivity contribution >= 4 is 11.6 Å². The molecule has 1 aliphatic heterocycles. The van der Waals surface area contributed by atoms with Crippen LogP contribution < -0.4 is 10.2 Å². The van der Waals surface area contributed by atoms with Gasteiger partial charge in [0.15, 0.2) is 0 Å². The van der Waals surface area contributed by atoms with E-state index >= 15 is 0 Å². The number of benzene rings is 1. The van der Waals surface area contributed by atoms with Crippen molar-refractivity contribution < 1.29 is 9.18 Å². The van der Waals surface area contributed by atoms with Gasteiger partial charge >= 0.3 is 0 Å². The fraction of sp³-hybridized carbons (Fsp3) is 0.385. The largest absolute Gasteiger partial charge is 0.309 e. The first kappa shape index (κ1) is 12.5. The first-order chi connectivity index (χ1) is 8.61. The van der Waals surface area contributed by atoms with Crippen LogP contribution in [0.3, 0.4) is 0 Å². The van der Waals surface area contributed by atoms with E-state index in [4.69, 9.17) is 5.26 Å². The minimum Gasteiger partial charge on any atom is -0.309 e. The number of piperazine rings is 1. The number of nitrogens with one attached hydrogen (secondary N) is 1. The second-order valence-corrected chi connectivity index (χ2v) is 4.41. The van der Waals surface area contributed by atoms with Gasteiger partial charge in [0.05, 0.1) is 12.5 Å². The Morgan fingerprint density at radius 2 is 2.17 bits per heavy atom. The summed E-state index contributed by atoms with van der Waals surface area (Å²) in [6, 6.07) is 7.43. The van der Waals surface area contributed by atoms with Crippen LogP contribution in [0.1, 0.15) is 13.3 Å². The number of hydrogen-bond acceptors (Lipinski definition) is 3. The van der Waals surface area contributed by atoms with Gasteiger partial charge in [0, 0.05) is 18.3 Å². The second kappa shape index (κ2) is 5.15. The van der Waals surface area contributed by atoms with Gasteiger partial charge in [0.2, 0.25) is 5.91 Å². The lowest BCUT2D eigenvalue weighted by atomic mass is 10.1. The van der Waals surface area contributed by atoms with E-state index in [9.17, 15) is 9.18 Å². The van der Waals surface area contributed by atoms with Crippen LogP contribution >= 0.6 is 0 Å². The first-order valence-corrected chi connectivity index (χ1v) is 5.81. The molecule has 2 rings (SSSR count). The number of carbonyl (C=O) groups is 1. The van der Waals surface area contributed by atoms with Crippen molar-refractivity contribution in [2.24, 2.45) is 0 Å². The molecule has 2 atom stereocenters. The second-order valence-electron chi connectivity index (χ2n) is 4.41. The summed E-state index contributed by atoms with van der Waals surface area (Å²) < 4.78 is 12.9. The molecule has 4 nitrogen and oxygen atoms in total. The molecule has 0 radical (unpaired) electrons. The molecule has 2 unspecified atom stereocenters. The normalized spacial score (nSPS) is 23.8. The van der Waals surface area contributed by atoms with Crippen LogP contribution in [0.4, 0.5) is 10.1 Å².